The molecule has 1 aromatic carbocycles. The summed E-state index contributed by atoms with van der Waals surface area (Å²) in [5.41, 5.74) is 9.12. The van der Waals surface area contributed by atoms with Gasteiger partial charge in [-0.15, -0.1) is 22.7 Å². The fourth-order valence-corrected chi connectivity index (χ4v) is 6.20. The average Bonchev–Trinajstić information content (AvgIpc) is 3.50. The molecule has 2 unspecified atom stereocenters. The van der Waals surface area contributed by atoms with Crippen LogP contribution in [0.5, 0.6) is 0 Å². The number of thiophene rings is 1. The topological polar surface area (TPSA) is 98.6 Å². The van der Waals surface area contributed by atoms with Gasteiger partial charge in [0.1, 0.15) is 5.01 Å². The standard InChI is InChI=1S/C20H23N5O2S4/c1-2-4-18-23-24-20(30-18)22-15(11-13-6-8-14(9-7-13)25-31(26)27)16-12-29-19(21-16)17-5-3-10-28-17/h3,5-10,12,15,18,23,25H,2,4,11H2,1H3,(H,22,24)(H,26,27)/t15-,18?/m0/s1. The van der Waals surface area contributed by atoms with Crippen molar-refractivity contribution in [3.63, 3.8) is 0 Å². The maximum Gasteiger partial charge on any atom is 0.259 e. The number of nitrogens with zero attached hydrogens (tertiary/aromatic N) is 2. The second-order valence-corrected chi connectivity index (χ2v) is 10.6. The largest absolute Gasteiger partial charge is 0.299 e. The number of thioether (sulfide) groups is 1. The number of anilines is 1. The van der Waals surface area contributed by atoms with E-state index in [2.05, 4.69) is 39.3 Å². The van der Waals surface area contributed by atoms with Crippen LogP contribution in [-0.2, 0) is 17.7 Å². The van der Waals surface area contributed by atoms with Crippen LogP contribution >= 0.6 is 34.4 Å². The van der Waals surface area contributed by atoms with Gasteiger partial charge >= 0.3 is 0 Å². The molecule has 3 aromatic rings. The number of benzene rings is 1. The molecule has 3 atom stereocenters. The smallest absolute Gasteiger partial charge is 0.259 e. The lowest BCUT2D eigenvalue weighted by Gasteiger charge is -2.12. The molecule has 0 saturated carbocycles. The number of hydrazine groups is 1. The zero-order chi connectivity index (χ0) is 21.6. The van der Waals surface area contributed by atoms with Gasteiger partial charge in [0, 0.05) is 17.5 Å². The van der Waals surface area contributed by atoms with Gasteiger partial charge in [0.15, 0.2) is 5.17 Å². The quantitative estimate of drug-likeness (QED) is 0.312. The van der Waals surface area contributed by atoms with E-state index in [0.29, 0.717) is 17.5 Å². The molecule has 1 aliphatic heterocycles. The van der Waals surface area contributed by atoms with Gasteiger partial charge in [-0.05, 0) is 35.6 Å². The van der Waals surface area contributed by atoms with Gasteiger partial charge in [0.05, 0.1) is 22.0 Å². The summed E-state index contributed by atoms with van der Waals surface area (Å²) < 4.78 is 22.4. The molecule has 1 saturated heterocycles. The Bertz CT molecular complexity index is 1040. The van der Waals surface area contributed by atoms with Crippen molar-refractivity contribution in [3.05, 3.63) is 58.4 Å². The molecule has 1 fully saturated rings. The Morgan fingerprint density at radius 2 is 2.13 bits per heavy atom. The number of hydrogen-bond acceptors (Lipinski definition) is 7. The summed E-state index contributed by atoms with van der Waals surface area (Å²) in [7, 11) is 0. The number of hydrogen-bond donors (Lipinski definition) is 4. The molecule has 0 radical (unpaired) electrons. The molecule has 1 aliphatic rings. The van der Waals surface area contributed by atoms with Gasteiger partial charge in [-0.1, -0.05) is 43.3 Å². The van der Waals surface area contributed by atoms with Crippen LogP contribution in [0.25, 0.3) is 9.88 Å². The molecule has 0 bridgehead atoms. The fraction of sp³-hybridized carbons (Fsp3) is 0.300. The summed E-state index contributed by atoms with van der Waals surface area (Å²) in [6.07, 6.45) is 2.86. The Labute approximate surface area is 196 Å². The first-order valence-corrected chi connectivity index (χ1v) is 13.6. The van der Waals surface area contributed by atoms with Crippen LogP contribution < -0.4 is 15.6 Å². The monoisotopic (exact) mass is 493 g/mol. The Balaban J connectivity index is 1.56. The number of thiazole rings is 1. The Morgan fingerprint density at radius 1 is 1.29 bits per heavy atom. The van der Waals surface area contributed by atoms with Crippen LogP contribution in [0.4, 0.5) is 5.69 Å². The van der Waals surface area contributed by atoms with Gasteiger partial charge in [-0.2, -0.15) is 0 Å². The Morgan fingerprint density at radius 3 is 2.84 bits per heavy atom. The van der Waals surface area contributed by atoms with Crippen molar-refractivity contribution >= 4 is 56.6 Å². The van der Waals surface area contributed by atoms with E-state index in [1.807, 2.05) is 18.2 Å². The van der Waals surface area contributed by atoms with Gasteiger partial charge in [0.2, 0.25) is 0 Å². The summed E-state index contributed by atoms with van der Waals surface area (Å²) in [4.78, 5) is 11.0. The van der Waals surface area contributed by atoms with E-state index >= 15 is 0 Å². The predicted molar refractivity (Wildman–Crippen MR) is 133 cm³/mol. The van der Waals surface area contributed by atoms with Crippen LogP contribution in [-0.4, -0.2) is 24.3 Å². The summed E-state index contributed by atoms with van der Waals surface area (Å²) in [6, 6.07) is 11.5. The van der Waals surface area contributed by atoms with Crippen LogP contribution in [0, 0.1) is 0 Å². The van der Waals surface area contributed by atoms with E-state index in [-0.39, 0.29) is 6.04 Å². The first-order chi connectivity index (χ1) is 15.1. The highest BCUT2D eigenvalue weighted by Crippen LogP contribution is 2.33. The van der Waals surface area contributed by atoms with E-state index in [4.69, 9.17) is 14.5 Å². The van der Waals surface area contributed by atoms with E-state index in [0.717, 1.165) is 39.2 Å². The minimum Gasteiger partial charge on any atom is -0.299 e. The third-order valence-corrected chi connectivity index (χ3v) is 7.98. The molecule has 4 N–H and O–H groups in total. The minimum absolute atomic E-state index is 0.132. The van der Waals surface area contributed by atoms with E-state index < -0.39 is 11.3 Å². The van der Waals surface area contributed by atoms with Crippen LogP contribution in [0.2, 0.25) is 0 Å². The second-order valence-electron chi connectivity index (χ2n) is 6.92. The van der Waals surface area contributed by atoms with Crippen molar-refractivity contribution in [2.24, 2.45) is 4.99 Å². The number of aliphatic imine (C=N–C) groups is 1. The highest BCUT2D eigenvalue weighted by Gasteiger charge is 2.23. The third kappa shape index (κ3) is 6.15. The first-order valence-electron chi connectivity index (χ1n) is 9.82. The predicted octanol–water partition coefficient (Wildman–Crippen LogP) is 5.03. The summed E-state index contributed by atoms with van der Waals surface area (Å²) >= 11 is 2.96. The Kier molecular flexibility index (Phi) is 7.75. The molecule has 0 amide bonds. The number of amidine groups is 1. The van der Waals surface area contributed by atoms with Crippen LogP contribution in [0.1, 0.15) is 37.1 Å². The van der Waals surface area contributed by atoms with E-state index in [1.165, 1.54) is 0 Å². The normalized spacial score (nSPS) is 19.3. The summed E-state index contributed by atoms with van der Waals surface area (Å²) in [5, 5.41) is 6.36. The maximum absolute atomic E-state index is 10.9. The second kappa shape index (κ2) is 10.7. The number of rotatable bonds is 9. The number of nitrogens with one attached hydrogen (secondary N) is 3. The lowest BCUT2D eigenvalue weighted by Crippen LogP contribution is -2.31. The zero-order valence-electron chi connectivity index (χ0n) is 16.8. The molecule has 164 valence electrons. The van der Waals surface area contributed by atoms with Crippen molar-refractivity contribution in [1.29, 1.82) is 0 Å². The van der Waals surface area contributed by atoms with Crippen molar-refractivity contribution in [2.45, 2.75) is 37.6 Å². The van der Waals surface area contributed by atoms with Crippen LogP contribution in [0.15, 0.2) is 52.2 Å². The minimum atomic E-state index is -2.08. The van der Waals surface area contributed by atoms with Crippen molar-refractivity contribution in [1.82, 2.24) is 15.8 Å². The van der Waals surface area contributed by atoms with Crippen molar-refractivity contribution in [3.8, 4) is 9.88 Å². The molecule has 2 aromatic heterocycles. The molecule has 3 heterocycles. The highest BCUT2D eigenvalue weighted by atomic mass is 32.2. The maximum atomic E-state index is 10.9. The zero-order valence-corrected chi connectivity index (χ0v) is 20.0. The lowest BCUT2D eigenvalue weighted by molar-refractivity contribution is 0.570. The first kappa shape index (κ1) is 22.4. The molecular formula is C20H23N5O2S4. The van der Waals surface area contributed by atoms with Gasteiger partial charge in [-0.25, -0.2) is 14.6 Å². The van der Waals surface area contributed by atoms with E-state index in [1.54, 1.807) is 46.6 Å². The highest BCUT2D eigenvalue weighted by molar-refractivity contribution is 8.14. The van der Waals surface area contributed by atoms with Gasteiger partial charge < -0.3 is 0 Å². The molecule has 11 heteroatoms. The van der Waals surface area contributed by atoms with Crippen molar-refractivity contribution < 1.29 is 8.76 Å². The molecule has 4 rings (SSSR count). The average molecular weight is 494 g/mol. The van der Waals surface area contributed by atoms with E-state index in [9.17, 15) is 4.21 Å². The summed E-state index contributed by atoms with van der Waals surface area (Å²) in [5.74, 6) is 0. The summed E-state index contributed by atoms with van der Waals surface area (Å²) in [6.45, 7) is 2.17. The van der Waals surface area contributed by atoms with Crippen molar-refractivity contribution in [2.75, 3.05) is 4.72 Å². The molecule has 0 aliphatic carbocycles. The molecule has 7 nitrogen and oxygen atoms in total. The third-order valence-electron chi connectivity index (χ3n) is 4.60. The molecular weight excluding hydrogens is 471 g/mol. The number of aromatic nitrogens is 1. The van der Waals surface area contributed by atoms with Crippen LogP contribution in [0.3, 0.4) is 0 Å². The fourth-order valence-electron chi connectivity index (χ4n) is 3.14. The lowest BCUT2D eigenvalue weighted by atomic mass is 10.0. The Hall–Kier alpha value is -1.76. The van der Waals surface area contributed by atoms with Gasteiger partial charge in [0.25, 0.3) is 11.3 Å². The SMILES string of the molecule is CCCC1NNC(=N[C@@H](Cc2ccc(NS(=O)O)cc2)c2csc(-c3cccs3)n2)S1. The molecule has 0 spiro atoms. The molecule has 31 heavy (non-hydrogen) atoms. The van der Waals surface area contributed by atoms with Gasteiger partial charge in [-0.3, -0.25) is 19.7 Å².